The topological polar surface area (TPSA) is 55.7 Å². The van der Waals surface area contributed by atoms with E-state index in [9.17, 15) is 8.42 Å². The minimum atomic E-state index is -3.68. The molecule has 0 aromatic heterocycles. The van der Waals surface area contributed by atoms with E-state index in [1.54, 1.807) is 18.2 Å². The van der Waals surface area contributed by atoms with Gasteiger partial charge >= 0.3 is 0 Å². The van der Waals surface area contributed by atoms with E-state index in [1.807, 2.05) is 25.1 Å². The monoisotopic (exact) mass is 289 g/mol. The summed E-state index contributed by atoms with van der Waals surface area (Å²) in [5, 5.41) is 0. The first-order chi connectivity index (χ1) is 9.51. The first-order valence-electron chi connectivity index (χ1n) is 6.02. The number of hydrogen-bond acceptors (Lipinski definition) is 3. The van der Waals surface area contributed by atoms with Crippen molar-refractivity contribution in [2.75, 3.05) is 7.11 Å². The van der Waals surface area contributed by atoms with Crippen molar-refractivity contribution < 1.29 is 13.2 Å². The number of aryl methyl sites for hydroxylation is 1. The van der Waals surface area contributed by atoms with Gasteiger partial charge in [-0.25, -0.2) is 0 Å². The van der Waals surface area contributed by atoms with E-state index in [0.717, 1.165) is 11.1 Å². The highest BCUT2D eigenvalue weighted by atomic mass is 32.2. The maximum atomic E-state index is 12.1. The van der Waals surface area contributed by atoms with Gasteiger partial charge in [0.05, 0.1) is 12.0 Å². The second kappa shape index (κ2) is 5.88. The highest BCUT2D eigenvalue weighted by Crippen LogP contribution is 2.17. The third kappa shape index (κ3) is 3.45. The Balaban J connectivity index is 2.26. The maximum absolute atomic E-state index is 12.1. The van der Waals surface area contributed by atoms with Crippen LogP contribution in [0.15, 0.2) is 57.8 Å². The lowest BCUT2D eigenvalue weighted by Crippen LogP contribution is -1.98. The smallest absolute Gasteiger partial charge is 0.282 e. The predicted octanol–water partition coefficient (Wildman–Crippen LogP) is 2.81. The van der Waals surface area contributed by atoms with Gasteiger partial charge in [-0.3, -0.25) is 0 Å². The van der Waals surface area contributed by atoms with Crippen LogP contribution >= 0.6 is 0 Å². The largest absolute Gasteiger partial charge is 0.497 e. The van der Waals surface area contributed by atoms with Crippen LogP contribution in [0.3, 0.4) is 0 Å². The van der Waals surface area contributed by atoms with Gasteiger partial charge in [-0.15, -0.1) is 0 Å². The Morgan fingerprint density at radius 2 is 1.80 bits per heavy atom. The molecule has 2 aromatic rings. The molecule has 104 valence electrons. The summed E-state index contributed by atoms with van der Waals surface area (Å²) in [5.41, 5.74) is 1.80. The van der Waals surface area contributed by atoms with Crippen molar-refractivity contribution in [3.8, 4) is 5.75 Å². The van der Waals surface area contributed by atoms with Crippen LogP contribution in [0.1, 0.15) is 11.1 Å². The van der Waals surface area contributed by atoms with Crippen LogP contribution in [0.25, 0.3) is 0 Å². The zero-order valence-corrected chi connectivity index (χ0v) is 12.1. The van der Waals surface area contributed by atoms with E-state index in [2.05, 4.69) is 4.40 Å². The van der Waals surface area contributed by atoms with Gasteiger partial charge in [0.15, 0.2) is 0 Å². The number of sulfonamides is 1. The zero-order chi connectivity index (χ0) is 14.6. The maximum Gasteiger partial charge on any atom is 0.282 e. The first kappa shape index (κ1) is 14.3. The summed E-state index contributed by atoms with van der Waals surface area (Å²) in [4.78, 5) is 0.141. The Labute approximate surface area is 118 Å². The fraction of sp³-hybridized carbons (Fsp3) is 0.133. The molecular weight excluding hydrogens is 274 g/mol. The zero-order valence-electron chi connectivity index (χ0n) is 11.3. The van der Waals surface area contributed by atoms with Gasteiger partial charge in [0, 0.05) is 6.21 Å². The predicted molar refractivity (Wildman–Crippen MR) is 79.0 cm³/mol. The van der Waals surface area contributed by atoms with Crippen molar-refractivity contribution in [2.24, 2.45) is 4.40 Å². The van der Waals surface area contributed by atoms with E-state index >= 15 is 0 Å². The average Bonchev–Trinajstić information content (AvgIpc) is 2.45. The number of methoxy groups -OCH3 is 1. The molecule has 0 amide bonds. The van der Waals surface area contributed by atoms with Gasteiger partial charge in [0.25, 0.3) is 10.0 Å². The Morgan fingerprint density at radius 1 is 1.10 bits per heavy atom. The van der Waals surface area contributed by atoms with Crippen molar-refractivity contribution in [3.63, 3.8) is 0 Å². The van der Waals surface area contributed by atoms with Crippen molar-refractivity contribution in [2.45, 2.75) is 11.8 Å². The van der Waals surface area contributed by atoms with Crippen LogP contribution < -0.4 is 4.74 Å². The van der Waals surface area contributed by atoms with Gasteiger partial charge in [0.1, 0.15) is 5.75 Å². The van der Waals surface area contributed by atoms with Crippen LogP contribution in [0.4, 0.5) is 0 Å². The normalized spacial score (nSPS) is 11.7. The molecule has 0 spiro atoms. The van der Waals surface area contributed by atoms with E-state index in [4.69, 9.17) is 4.74 Å². The minimum Gasteiger partial charge on any atom is -0.497 e. The lowest BCUT2D eigenvalue weighted by Gasteiger charge is -2.01. The van der Waals surface area contributed by atoms with Crippen LogP contribution in [0, 0.1) is 6.92 Å². The van der Waals surface area contributed by atoms with Gasteiger partial charge < -0.3 is 4.74 Å². The Bertz CT molecular complexity index is 719. The lowest BCUT2D eigenvalue weighted by molar-refractivity contribution is 0.414. The van der Waals surface area contributed by atoms with Gasteiger partial charge in [-0.05, 0) is 36.8 Å². The van der Waals surface area contributed by atoms with Crippen LogP contribution in [0.2, 0.25) is 0 Å². The number of hydrogen-bond donors (Lipinski definition) is 0. The molecule has 0 saturated heterocycles. The summed E-state index contributed by atoms with van der Waals surface area (Å²) in [6, 6.07) is 13.6. The number of ether oxygens (including phenoxy) is 1. The summed E-state index contributed by atoms with van der Waals surface area (Å²) in [5.74, 6) is 0.603. The SMILES string of the molecule is COc1ccc(S(=O)(=O)/N=C/c2cccc(C)c2)cc1. The average molecular weight is 289 g/mol. The molecular formula is C15H15NO3S. The van der Waals surface area contributed by atoms with Crippen molar-refractivity contribution in [1.29, 1.82) is 0 Å². The number of nitrogens with zero attached hydrogens (tertiary/aromatic N) is 1. The molecule has 2 aromatic carbocycles. The molecule has 2 rings (SSSR count). The number of benzene rings is 2. The first-order valence-corrected chi connectivity index (χ1v) is 7.46. The molecule has 0 atom stereocenters. The molecule has 0 saturated carbocycles. The minimum absolute atomic E-state index is 0.141. The van der Waals surface area contributed by atoms with Crippen LogP contribution in [-0.2, 0) is 10.0 Å². The highest BCUT2D eigenvalue weighted by Gasteiger charge is 2.11. The third-order valence-electron chi connectivity index (χ3n) is 2.74. The van der Waals surface area contributed by atoms with Crippen LogP contribution in [0.5, 0.6) is 5.75 Å². The van der Waals surface area contributed by atoms with Crippen LogP contribution in [-0.4, -0.2) is 21.7 Å². The second-order valence-corrected chi connectivity index (χ2v) is 5.93. The standard InChI is InChI=1S/C15H15NO3S/c1-12-4-3-5-13(10-12)11-16-20(17,18)15-8-6-14(19-2)7-9-15/h3-11H,1-2H3/b16-11+. The summed E-state index contributed by atoms with van der Waals surface area (Å²) >= 11 is 0. The van der Waals surface area contributed by atoms with E-state index in [-0.39, 0.29) is 4.90 Å². The Hall–Kier alpha value is -2.14. The molecule has 0 heterocycles. The molecule has 0 fully saturated rings. The molecule has 4 nitrogen and oxygen atoms in total. The molecule has 20 heavy (non-hydrogen) atoms. The summed E-state index contributed by atoms with van der Waals surface area (Å²) in [6.07, 6.45) is 1.35. The molecule has 0 bridgehead atoms. The van der Waals surface area contributed by atoms with Gasteiger partial charge in [0.2, 0.25) is 0 Å². The Kier molecular flexibility index (Phi) is 4.20. The van der Waals surface area contributed by atoms with Crippen molar-refractivity contribution in [3.05, 3.63) is 59.7 Å². The summed E-state index contributed by atoms with van der Waals surface area (Å²) in [6.45, 7) is 1.94. The van der Waals surface area contributed by atoms with E-state index in [1.165, 1.54) is 25.5 Å². The van der Waals surface area contributed by atoms with Crippen molar-refractivity contribution in [1.82, 2.24) is 0 Å². The third-order valence-corrected chi connectivity index (χ3v) is 3.99. The molecule has 0 aliphatic carbocycles. The quantitative estimate of drug-likeness (QED) is 0.813. The fourth-order valence-electron chi connectivity index (χ4n) is 1.69. The summed E-state index contributed by atoms with van der Waals surface area (Å²) in [7, 11) is -2.16. The molecule has 0 radical (unpaired) electrons. The van der Waals surface area contributed by atoms with Gasteiger partial charge in [-0.2, -0.15) is 12.8 Å². The Morgan fingerprint density at radius 3 is 2.40 bits per heavy atom. The lowest BCUT2D eigenvalue weighted by atomic mass is 10.2. The fourth-order valence-corrected chi connectivity index (χ4v) is 2.55. The molecule has 0 aliphatic rings. The molecule has 0 aliphatic heterocycles. The van der Waals surface area contributed by atoms with Gasteiger partial charge in [-0.1, -0.05) is 29.8 Å². The second-order valence-electron chi connectivity index (χ2n) is 4.30. The highest BCUT2D eigenvalue weighted by molar-refractivity contribution is 7.90. The van der Waals surface area contributed by atoms with E-state index in [0.29, 0.717) is 5.75 Å². The molecule has 5 heteroatoms. The number of rotatable bonds is 4. The summed E-state index contributed by atoms with van der Waals surface area (Å²) < 4.78 is 32.8. The molecule has 0 N–H and O–H groups in total. The molecule has 0 unspecified atom stereocenters. The van der Waals surface area contributed by atoms with Crippen molar-refractivity contribution >= 4 is 16.2 Å². The van der Waals surface area contributed by atoms with E-state index < -0.39 is 10.0 Å².